The van der Waals surface area contributed by atoms with Crippen LogP contribution < -0.4 is 10.5 Å². The van der Waals surface area contributed by atoms with Crippen molar-refractivity contribution in [1.82, 2.24) is 4.90 Å². The standard InChI is InChI=1S/C14H22N2O2.ClH/c1-2-17-13-5-3-4-12(8-13)10-16-6-7-18-14(9-15)11-16;/h3-5,8,14H,2,6-7,9-11,15H2,1H3;1H. The van der Waals surface area contributed by atoms with Gasteiger partial charge in [-0.1, -0.05) is 12.1 Å². The van der Waals surface area contributed by atoms with Crippen molar-refractivity contribution in [2.24, 2.45) is 5.73 Å². The fraction of sp³-hybridized carbons (Fsp3) is 0.571. The monoisotopic (exact) mass is 286 g/mol. The van der Waals surface area contributed by atoms with Gasteiger partial charge in [-0.3, -0.25) is 4.90 Å². The molecule has 0 aromatic heterocycles. The Morgan fingerprint density at radius 3 is 3.05 bits per heavy atom. The summed E-state index contributed by atoms with van der Waals surface area (Å²) in [5, 5.41) is 0. The van der Waals surface area contributed by atoms with Gasteiger partial charge in [0.1, 0.15) is 5.75 Å². The van der Waals surface area contributed by atoms with Gasteiger partial charge in [0.25, 0.3) is 0 Å². The van der Waals surface area contributed by atoms with Gasteiger partial charge >= 0.3 is 0 Å². The fourth-order valence-electron chi connectivity index (χ4n) is 2.23. The first-order valence-electron chi connectivity index (χ1n) is 6.57. The lowest BCUT2D eigenvalue weighted by Crippen LogP contribution is -2.45. The van der Waals surface area contributed by atoms with Gasteiger partial charge in [0, 0.05) is 26.2 Å². The van der Waals surface area contributed by atoms with Crippen LogP contribution in [0, 0.1) is 0 Å². The number of morpholine rings is 1. The minimum absolute atomic E-state index is 0. The highest BCUT2D eigenvalue weighted by Crippen LogP contribution is 2.16. The summed E-state index contributed by atoms with van der Waals surface area (Å²) in [5.41, 5.74) is 6.93. The van der Waals surface area contributed by atoms with Crippen LogP contribution in [0.2, 0.25) is 0 Å². The molecule has 1 aromatic rings. The van der Waals surface area contributed by atoms with E-state index in [1.54, 1.807) is 0 Å². The lowest BCUT2D eigenvalue weighted by atomic mass is 10.2. The highest BCUT2D eigenvalue weighted by atomic mass is 35.5. The van der Waals surface area contributed by atoms with Gasteiger partial charge in [-0.15, -0.1) is 12.4 Å². The average molecular weight is 287 g/mol. The SMILES string of the molecule is CCOc1cccc(CN2CCOC(CN)C2)c1.Cl. The van der Waals surface area contributed by atoms with E-state index in [9.17, 15) is 0 Å². The van der Waals surface area contributed by atoms with E-state index in [4.69, 9.17) is 15.2 Å². The van der Waals surface area contributed by atoms with Gasteiger partial charge in [-0.05, 0) is 24.6 Å². The molecule has 2 N–H and O–H groups in total. The molecule has 19 heavy (non-hydrogen) atoms. The normalized spacial score (nSPS) is 19.8. The predicted molar refractivity (Wildman–Crippen MR) is 78.9 cm³/mol. The highest BCUT2D eigenvalue weighted by molar-refractivity contribution is 5.85. The maximum Gasteiger partial charge on any atom is 0.119 e. The van der Waals surface area contributed by atoms with Crippen molar-refractivity contribution >= 4 is 12.4 Å². The highest BCUT2D eigenvalue weighted by Gasteiger charge is 2.19. The van der Waals surface area contributed by atoms with Crippen LogP contribution in [-0.2, 0) is 11.3 Å². The predicted octanol–water partition coefficient (Wildman–Crippen LogP) is 1.67. The van der Waals surface area contributed by atoms with Crippen molar-refractivity contribution in [3.05, 3.63) is 29.8 Å². The zero-order chi connectivity index (χ0) is 12.8. The molecular formula is C14H23ClN2O2. The zero-order valence-corrected chi connectivity index (χ0v) is 12.2. The van der Waals surface area contributed by atoms with Crippen LogP contribution in [-0.4, -0.2) is 43.9 Å². The number of nitrogens with two attached hydrogens (primary N) is 1. The Morgan fingerprint density at radius 2 is 2.32 bits per heavy atom. The molecular weight excluding hydrogens is 264 g/mol. The van der Waals surface area contributed by atoms with E-state index in [1.807, 2.05) is 19.1 Å². The van der Waals surface area contributed by atoms with Crippen LogP contribution in [0.1, 0.15) is 12.5 Å². The van der Waals surface area contributed by atoms with Crippen molar-refractivity contribution in [3.63, 3.8) is 0 Å². The summed E-state index contributed by atoms with van der Waals surface area (Å²) in [6, 6.07) is 8.28. The molecule has 1 aliphatic rings. The van der Waals surface area contributed by atoms with Gasteiger partial charge < -0.3 is 15.2 Å². The van der Waals surface area contributed by atoms with Gasteiger partial charge in [0.05, 0.1) is 19.3 Å². The average Bonchev–Trinajstić information content (AvgIpc) is 2.40. The molecule has 1 unspecified atom stereocenters. The molecule has 0 amide bonds. The Kier molecular flexibility index (Phi) is 7.16. The van der Waals surface area contributed by atoms with Gasteiger partial charge in [0.2, 0.25) is 0 Å². The molecule has 5 heteroatoms. The number of halogens is 1. The van der Waals surface area contributed by atoms with Crippen LogP contribution in [0.4, 0.5) is 0 Å². The second-order valence-electron chi connectivity index (χ2n) is 4.54. The molecule has 1 heterocycles. The molecule has 0 bridgehead atoms. The summed E-state index contributed by atoms with van der Waals surface area (Å²) in [5.74, 6) is 0.943. The van der Waals surface area contributed by atoms with Crippen molar-refractivity contribution in [3.8, 4) is 5.75 Å². The van der Waals surface area contributed by atoms with Gasteiger partial charge in [-0.25, -0.2) is 0 Å². The summed E-state index contributed by atoms with van der Waals surface area (Å²) < 4.78 is 11.1. The van der Waals surface area contributed by atoms with Crippen molar-refractivity contribution in [2.45, 2.75) is 19.6 Å². The molecule has 1 aromatic carbocycles. The second kappa shape index (κ2) is 8.38. The zero-order valence-electron chi connectivity index (χ0n) is 11.4. The lowest BCUT2D eigenvalue weighted by Gasteiger charge is -2.32. The smallest absolute Gasteiger partial charge is 0.119 e. The Hall–Kier alpha value is -0.810. The summed E-state index contributed by atoms with van der Waals surface area (Å²) in [4.78, 5) is 2.38. The molecule has 0 spiro atoms. The van der Waals surface area contributed by atoms with Gasteiger partial charge in [-0.2, -0.15) is 0 Å². The first kappa shape index (κ1) is 16.2. The van der Waals surface area contributed by atoms with E-state index in [-0.39, 0.29) is 18.5 Å². The quantitative estimate of drug-likeness (QED) is 0.894. The Morgan fingerprint density at radius 1 is 1.47 bits per heavy atom. The van der Waals surface area contributed by atoms with E-state index >= 15 is 0 Å². The third kappa shape index (κ3) is 4.99. The minimum Gasteiger partial charge on any atom is -0.494 e. The maximum atomic E-state index is 5.65. The molecule has 1 saturated heterocycles. The topological polar surface area (TPSA) is 47.7 Å². The van der Waals surface area contributed by atoms with Crippen molar-refractivity contribution < 1.29 is 9.47 Å². The van der Waals surface area contributed by atoms with E-state index < -0.39 is 0 Å². The van der Waals surface area contributed by atoms with E-state index in [0.29, 0.717) is 13.2 Å². The minimum atomic E-state index is 0. The van der Waals surface area contributed by atoms with Gasteiger partial charge in [0.15, 0.2) is 0 Å². The first-order chi connectivity index (χ1) is 8.81. The van der Waals surface area contributed by atoms with Crippen LogP contribution in [0.25, 0.3) is 0 Å². The molecule has 2 rings (SSSR count). The summed E-state index contributed by atoms with van der Waals surface area (Å²) in [7, 11) is 0. The molecule has 4 nitrogen and oxygen atoms in total. The number of hydrogen-bond donors (Lipinski definition) is 1. The van der Waals surface area contributed by atoms with E-state index in [0.717, 1.165) is 32.0 Å². The number of benzene rings is 1. The maximum absolute atomic E-state index is 5.65. The summed E-state index contributed by atoms with van der Waals surface area (Å²) in [6.45, 7) is 6.88. The third-order valence-electron chi connectivity index (χ3n) is 3.10. The molecule has 0 radical (unpaired) electrons. The Labute approximate surface area is 121 Å². The molecule has 0 aliphatic carbocycles. The molecule has 1 fully saturated rings. The number of nitrogens with zero attached hydrogens (tertiary/aromatic N) is 1. The second-order valence-corrected chi connectivity index (χ2v) is 4.54. The lowest BCUT2D eigenvalue weighted by molar-refractivity contribution is -0.0260. The summed E-state index contributed by atoms with van der Waals surface area (Å²) >= 11 is 0. The van der Waals surface area contributed by atoms with Crippen LogP contribution in [0.3, 0.4) is 0 Å². The number of rotatable bonds is 5. The van der Waals surface area contributed by atoms with E-state index in [2.05, 4.69) is 17.0 Å². The summed E-state index contributed by atoms with van der Waals surface area (Å²) in [6.07, 6.45) is 0.175. The van der Waals surface area contributed by atoms with Crippen LogP contribution in [0.5, 0.6) is 5.75 Å². The van der Waals surface area contributed by atoms with Crippen LogP contribution in [0.15, 0.2) is 24.3 Å². The Balaban J connectivity index is 0.00000180. The molecule has 1 atom stereocenters. The fourth-order valence-corrected chi connectivity index (χ4v) is 2.23. The number of ether oxygens (including phenoxy) is 2. The molecule has 108 valence electrons. The first-order valence-corrected chi connectivity index (χ1v) is 6.57. The largest absolute Gasteiger partial charge is 0.494 e. The Bertz CT molecular complexity index is 376. The van der Waals surface area contributed by atoms with Crippen molar-refractivity contribution in [1.29, 1.82) is 0 Å². The van der Waals surface area contributed by atoms with Crippen LogP contribution >= 0.6 is 12.4 Å². The third-order valence-corrected chi connectivity index (χ3v) is 3.10. The number of hydrogen-bond acceptors (Lipinski definition) is 4. The molecule has 0 saturated carbocycles. The van der Waals surface area contributed by atoms with Crippen molar-refractivity contribution in [2.75, 3.05) is 32.8 Å². The van der Waals surface area contributed by atoms with E-state index in [1.165, 1.54) is 5.56 Å². The molecule has 1 aliphatic heterocycles.